The molecule has 0 heterocycles. The molecule has 0 saturated carbocycles. The molecule has 0 atom stereocenters. The highest BCUT2D eigenvalue weighted by Gasteiger charge is 2.81. The fourth-order valence-corrected chi connectivity index (χ4v) is 7.14. The number of benzene rings is 5. The van der Waals surface area contributed by atoms with Gasteiger partial charge >= 0.3 is 23.9 Å². The Kier molecular flexibility index (Phi) is 17.1. The van der Waals surface area contributed by atoms with Crippen LogP contribution in [0.5, 0.6) is 0 Å². The average molecular weight is 935 g/mol. The molecule has 5 rings (SSSR count). The Balaban J connectivity index is 1.19. The average Bonchev–Trinajstić information content (AvgIpc) is 3.31. The maximum absolute atomic E-state index is 14.1. The van der Waals surface area contributed by atoms with E-state index in [1.807, 2.05) is 62.4 Å². The Morgan fingerprint density at radius 1 is 0.567 bits per heavy atom. The van der Waals surface area contributed by atoms with Crippen LogP contribution < -0.4 is 0 Å². The van der Waals surface area contributed by atoms with Crippen LogP contribution in [-0.2, 0) is 32.2 Å². The van der Waals surface area contributed by atoms with E-state index in [0.29, 0.717) is 30.6 Å². The van der Waals surface area contributed by atoms with Crippen LogP contribution in [0, 0.1) is 10.1 Å². The van der Waals surface area contributed by atoms with E-state index in [0.717, 1.165) is 51.8 Å². The molecular weight excluding hydrogens is 884 g/mol. The minimum atomic E-state index is -6.91. The van der Waals surface area contributed by atoms with Crippen molar-refractivity contribution in [2.45, 2.75) is 96.7 Å². The topological polar surface area (TPSA) is 71.1 Å². The van der Waals surface area contributed by atoms with E-state index in [4.69, 9.17) is 0 Å². The third-order valence-electron chi connectivity index (χ3n) is 11.2. The van der Waals surface area contributed by atoms with Crippen molar-refractivity contribution in [2.75, 3.05) is 6.54 Å². The fourth-order valence-electron chi connectivity index (χ4n) is 7.14. The number of nitro groups is 1. The minimum absolute atomic E-state index is 0.0509. The van der Waals surface area contributed by atoms with Gasteiger partial charge < -0.3 is 0 Å². The molecule has 0 fully saturated rings. The van der Waals surface area contributed by atoms with Crippen molar-refractivity contribution in [3.05, 3.63) is 174 Å². The number of nitro benzene ring substituents is 1. The first-order valence-electron chi connectivity index (χ1n) is 21.8. The van der Waals surface area contributed by atoms with Crippen molar-refractivity contribution < 1.29 is 44.4 Å². The highest BCUT2D eigenvalue weighted by atomic mass is 19.4. The van der Waals surface area contributed by atoms with Gasteiger partial charge in [-0.15, -0.1) is 5.11 Å². The molecule has 0 aromatic heterocycles. The normalized spacial score (nSPS) is 12.9. The van der Waals surface area contributed by atoms with E-state index in [1.165, 1.54) is 47.5 Å². The molecule has 354 valence electrons. The third kappa shape index (κ3) is 13.1. The van der Waals surface area contributed by atoms with Crippen LogP contribution in [0.1, 0.15) is 102 Å². The van der Waals surface area contributed by atoms with Gasteiger partial charge in [0.1, 0.15) is 0 Å². The number of halogens is 9. The monoisotopic (exact) mass is 934 g/mol. The van der Waals surface area contributed by atoms with Crippen LogP contribution >= 0.6 is 0 Å². The molecule has 0 spiro atoms. The number of non-ortho nitro benzene ring substituents is 1. The molecular formula is C52H51F9N4O2. The quantitative estimate of drug-likeness (QED) is 0.0242. The summed E-state index contributed by atoms with van der Waals surface area (Å²) in [7, 11) is 0. The Hall–Kier alpha value is -6.51. The zero-order valence-corrected chi connectivity index (χ0v) is 37.4. The predicted molar refractivity (Wildman–Crippen MR) is 248 cm³/mol. The summed E-state index contributed by atoms with van der Waals surface area (Å²) in [6.45, 7) is 8.91. The number of nitrogens with zero attached hydrogens (tertiary/aromatic N) is 4. The van der Waals surface area contributed by atoms with Gasteiger partial charge in [0.05, 0.1) is 17.2 Å². The summed E-state index contributed by atoms with van der Waals surface area (Å²) in [5.41, 5.74) is 10.9. The second-order valence-corrected chi connectivity index (χ2v) is 16.0. The van der Waals surface area contributed by atoms with Gasteiger partial charge in [-0.25, -0.2) is 0 Å². The molecule has 67 heavy (non-hydrogen) atoms. The van der Waals surface area contributed by atoms with Crippen LogP contribution in [0.15, 0.2) is 113 Å². The fraction of sp³-hybridized carbons (Fsp3) is 0.308. The van der Waals surface area contributed by atoms with Crippen molar-refractivity contribution in [3.63, 3.8) is 0 Å². The van der Waals surface area contributed by atoms with Crippen molar-refractivity contribution in [2.24, 2.45) is 10.3 Å². The molecule has 0 radical (unpaired) electrons. The highest BCUT2D eigenvalue weighted by Crippen LogP contribution is 2.54. The summed E-state index contributed by atoms with van der Waals surface area (Å²) < 4.78 is 119. The molecule has 0 saturated heterocycles. The van der Waals surface area contributed by atoms with Crippen LogP contribution in [-0.4, -0.2) is 40.4 Å². The Morgan fingerprint density at radius 3 is 1.51 bits per heavy atom. The summed E-state index contributed by atoms with van der Waals surface area (Å²) in [5.74, 6) is -19.2. The summed E-state index contributed by atoms with van der Waals surface area (Å²) >= 11 is 0. The zero-order chi connectivity index (χ0) is 49.0. The number of hydrogen-bond donors (Lipinski definition) is 0. The lowest BCUT2D eigenvalue weighted by atomic mass is 9.94. The van der Waals surface area contributed by atoms with Gasteiger partial charge in [-0.3, -0.25) is 15.1 Å². The van der Waals surface area contributed by atoms with Gasteiger partial charge in [-0.2, -0.15) is 39.5 Å². The number of alkyl halides is 9. The van der Waals surface area contributed by atoms with Crippen molar-refractivity contribution in [1.29, 1.82) is 0 Å². The first kappa shape index (κ1) is 51.5. The van der Waals surface area contributed by atoms with Crippen LogP contribution in [0.25, 0.3) is 36.5 Å². The molecule has 5 aromatic rings. The second kappa shape index (κ2) is 22.3. The largest absolute Gasteiger partial charge is 0.460 e. The summed E-state index contributed by atoms with van der Waals surface area (Å²) in [4.78, 5) is 10.6. The van der Waals surface area contributed by atoms with E-state index in [2.05, 4.69) is 66.7 Å². The SMILES string of the molecule is CCCN(Cc1ccc(CCC(F)(F)C(F)(F)C(F)(F)C(F)(F)F)cc1)N=Nc1ccc(/C=C/c2ccc(/C=C/c3cc(CC)c(/C=C/c4ccc([N+](=O)[O-])cc4)cc3CC)cc2)cc1CC. The predicted octanol–water partition coefficient (Wildman–Crippen LogP) is 16.1. The van der Waals surface area contributed by atoms with Crippen molar-refractivity contribution in [3.8, 4) is 0 Å². The van der Waals surface area contributed by atoms with E-state index in [-0.39, 0.29) is 17.8 Å². The van der Waals surface area contributed by atoms with E-state index in [9.17, 15) is 49.6 Å². The summed E-state index contributed by atoms with van der Waals surface area (Å²) in [5, 5.41) is 21.6. The first-order chi connectivity index (χ1) is 31.7. The lowest BCUT2D eigenvalue weighted by Gasteiger charge is -2.33. The van der Waals surface area contributed by atoms with Gasteiger partial charge in [0, 0.05) is 25.1 Å². The van der Waals surface area contributed by atoms with E-state index in [1.54, 1.807) is 17.1 Å². The molecule has 5 aromatic carbocycles. The van der Waals surface area contributed by atoms with Crippen LogP contribution in [0.2, 0.25) is 0 Å². The molecule has 6 nitrogen and oxygen atoms in total. The zero-order valence-electron chi connectivity index (χ0n) is 37.4. The molecule has 0 aliphatic rings. The third-order valence-corrected chi connectivity index (χ3v) is 11.2. The Labute approximate surface area is 384 Å². The number of hydrogen-bond acceptors (Lipinski definition) is 4. The maximum Gasteiger partial charge on any atom is 0.460 e. The Morgan fingerprint density at radius 2 is 1.03 bits per heavy atom. The van der Waals surface area contributed by atoms with Crippen LogP contribution in [0.3, 0.4) is 0 Å². The Bertz CT molecular complexity index is 2570. The van der Waals surface area contributed by atoms with Gasteiger partial charge in [0.2, 0.25) is 0 Å². The van der Waals surface area contributed by atoms with Gasteiger partial charge in [-0.05, 0) is 118 Å². The lowest BCUT2D eigenvalue weighted by molar-refractivity contribution is -0.396. The molecule has 0 amide bonds. The molecule has 0 N–H and O–H groups in total. The molecule has 0 aliphatic heterocycles. The molecule has 15 heteroatoms. The first-order valence-corrected chi connectivity index (χ1v) is 21.8. The maximum atomic E-state index is 14.1. The van der Waals surface area contributed by atoms with E-state index < -0.39 is 41.7 Å². The minimum Gasteiger partial charge on any atom is -0.274 e. The standard InChI is InChI=1S/C52H51F9N4O2/c1-5-31-64(35-41-17-14-39(15-18-41)29-30-49(53,54)50(55,56)51(57,58)52(59,60)61)63-62-48-28-23-40(32-44(48)8-4)16-13-36-9-11-37(12-10-36)19-24-45-33-43(7-3)46(34-42(45)6-2)25-20-38-21-26-47(27-22-38)65(66)67/h9-28,32-34H,5-8,29-31,35H2,1-4H3/b16-13+,24-19+,25-20+,63-62?. The molecule has 0 bridgehead atoms. The van der Waals surface area contributed by atoms with Gasteiger partial charge in [0.25, 0.3) is 5.69 Å². The molecule has 0 unspecified atom stereocenters. The highest BCUT2D eigenvalue weighted by molar-refractivity contribution is 5.77. The smallest absolute Gasteiger partial charge is 0.274 e. The number of rotatable bonds is 21. The number of aryl methyl sites for hydroxylation is 4. The van der Waals surface area contributed by atoms with Crippen molar-refractivity contribution >= 4 is 47.8 Å². The molecule has 0 aliphatic carbocycles. The second-order valence-electron chi connectivity index (χ2n) is 16.0. The van der Waals surface area contributed by atoms with Gasteiger partial charge in [0.15, 0.2) is 0 Å². The van der Waals surface area contributed by atoms with Crippen LogP contribution in [0.4, 0.5) is 50.9 Å². The van der Waals surface area contributed by atoms with E-state index >= 15 is 0 Å². The van der Waals surface area contributed by atoms with Crippen molar-refractivity contribution in [1.82, 2.24) is 5.01 Å². The van der Waals surface area contributed by atoms with Gasteiger partial charge in [-0.1, -0.05) is 136 Å². The summed E-state index contributed by atoms with van der Waals surface area (Å²) in [6.07, 6.45) is 5.72. The lowest BCUT2D eigenvalue weighted by Crippen LogP contribution is -2.60. The summed E-state index contributed by atoms with van der Waals surface area (Å²) in [6, 6.07) is 30.6.